The maximum atomic E-state index is 12.7. The number of carbonyl (C=O) groups is 1. The van der Waals surface area contributed by atoms with E-state index < -0.39 is 0 Å². The van der Waals surface area contributed by atoms with Gasteiger partial charge in [0.1, 0.15) is 0 Å². The van der Waals surface area contributed by atoms with Gasteiger partial charge in [0.15, 0.2) is 0 Å². The van der Waals surface area contributed by atoms with E-state index in [0.29, 0.717) is 5.56 Å². The number of fused-ring (bicyclic) bond motifs is 1. The summed E-state index contributed by atoms with van der Waals surface area (Å²) in [6.07, 6.45) is 1.87. The summed E-state index contributed by atoms with van der Waals surface area (Å²) in [5.41, 5.74) is 2.83. The van der Waals surface area contributed by atoms with Crippen molar-refractivity contribution in [1.82, 2.24) is 15.2 Å². The minimum absolute atomic E-state index is 0.0458. The van der Waals surface area contributed by atoms with Gasteiger partial charge in [-0.1, -0.05) is 36.4 Å². The lowest BCUT2D eigenvalue weighted by Crippen LogP contribution is -2.41. The van der Waals surface area contributed by atoms with Gasteiger partial charge in [0.05, 0.1) is 0 Å². The molecule has 1 aliphatic heterocycles. The van der Waals surface area contributed by atoms with Crippen LogP contribution in [0.15, 0.2) is 60.8 Å². The average molecular weight is 349 g/mol. The Morgan fingerprint density at radius 1 is 1.15 bits per heavy atom. The molecule has 3 aromatic rings. The summed E-state index contributed by atoms with van der Waals surface area (Å²) >= 11 is 0. The molecule has 1 amide bonds. The number of aromatic nitrogens is 1. The number of carbonyl (C=O) groups excluding carboxylic acids is 1. The first kappa shape index (κ1) is 16.8. The number of hydrogen-bond donors (Lipinski definition) is 3. The Morgan fingerprint density at radius 2 is 2.00 bits per heavy atom. The number of aliphatic hydroxyl groups is 1. The highest BCUT2D eigenvalue weighted by molar-refractivity contribution is 5.98. The summed E-state index contributed by atoms with van der Waals surface area (Å²) in [4.78, 5) is 18.1. The maximum Gasteiger partial charge on any atom is 0.251 e. The summed E-state index contributed by atoms with van der Waals surface area (Å²) in [5, 5.41) is 13.9. The Balaban J connectivity index is 1.43. The van der Waals surface area contributed by atoms with Crippen LogP contribution in [0, 0.1) is 5.92 Å². The van der Waals surface area contributed by atoms with Crippen LogP contribution in [0.5, 0.6) is 0 Å². The highest BCUT2D eigenvalue weighted by Crippen LogP contribution is 2.20. The number of nitrogens with one attached hydrogen (secondary N) is 2. The number of hydrogen-bond acceptors (Lipinski definition) is 3. The molecule has 2 heterocycles. The second kappa shape index (κ2) is 7.32. The number of aromatic amines is 1. The van der Waals surface area contributed by atoms with Crippen molar-refractivity contribution in [2.45, 2.75) is 12.6 Å². The second-order valence-electron chi connectivity index (χ2n) is 6.98. The van der Waals surface area contributed by atoms with Crippen molar-refractivity contribution in [2.24, 2.45) is 5.92 Å². The van der Waals surface area contributed by atoms with Gasteiger partial charge in [0, 0.05) is 55.5 Å². The standard InChI is InChI=1S/C21H23N3O2/c25-14-18-12-24(11-15-4-2-1-3-5-15)13-20(18)23-21(26)17-7-6-16-8-9-22-19(16)10-17/h1-10,18,20,22,25H,11-14H2,(H,23,26)/t18-,20+/m0/s1. The molecule has 5 nitrogen and oxygen atoms in total. The Bertz CT molecular complexity index is 890. The molecule has 1 fully saturated rings. The second-order valence-corrected chi connectivity index (χ2v) is 6.98. The minimum Gasteiger partial charge on any atom is -0.396 e. The molecule has 0 bridgehead atoms. The van der Waals surface area contributed by atoms with E-state index in [0.717, 1.165) is 30.5 Å². The molecule has 4 rings (SSSR count). The summed E-state index contributed by atoms with van der Waals surface area (Å²) in [6, 6.07) is 17.9. The van der Waals surface area contributed by atoms with Gasteiger partial charge >= 0.3 is 0 Å². The molecule has 1 aliphatic rings. The van der Waals surface area contributed by atoms with E-state index in [1.165, 1.54) is 5.56 Å². The summed E-state index contributed by atoms with van der Waals surface area (Å²) in [6.45, 7) is 2.44. The average Bonchev–Trinajstić information content (AvgIpc) is 3.28. The molecule has 0 unspecified atom stereocenters. The van der Waals surface area contributed by atoms with Crippen molar-refractivity contribution in [3.63, 3.8) is 0 Å². The molecule has 134 valence electrons. The zero-order valence-corrected chi connectivity index (χ0v) is 14.6. The van der Waals surface area contributed by atoms with Crippen LogP contribution in [0.25, 0.3) is 10.9 Å². The number of nitrogens with zero attached hydrogens (tertiary/aromatic N) is 1. The van der Waals surface area contributed by atoms with Crippen molar-refractivity contribution < 1.29 is 9.90 Å². The van der Waals surface area contributed by atoms with Crippen molar-refractivity contribution in [1.29, 1.82) is 0 Å². The minimum atomic E-state index is -0.0912. The fourth-order valence-electron chi connectivity index (χ4n) is 3.72. The smallest absolute Gasteiger partial charge is 0.251 e. The van der Waals surface area contributed by atoms with Crippen molar-refractivity contribution in [2.75, 3.05) is 19.7 Å². The zero-order chi connectivity index (χ0) is 17.9. The van der Waals surface area contributed by atoms with Gasteiger partial charge in [-0.2, -0.15) is 0 Å². The third kappa shape index (κ3) is 3.49. The number of H-pyrrole nitrogens is 1. The molecule has 26 heavy (non-hydrogen) atoms. The molecule has 2 atom stereocenters. The molecule has 1 aromatic heterocycles. The van der Waals surface area contributed by atoms with Crippen LogP contribution in [0.4, 0.5) is 0 Å². The Labute approximate surface area is 152 Å². The monoisotopic (exact) mass is 349 g/mol. The van der Waals surface area contributed by atoms with E-state index in [4.69, 9.17) is 0 Å². The van der Waals surface area contributed by atoms with Crippen LogP contribution >= 0.6 is 0 Å². The zero-order valence-electron chi connectivity index (χ0n) is 14.6. The van der Waals surface area contributed by atoms with Crippen molar-refractivity contribution >= 4 is 16.8 Å². The van der Waals surface area contributed by atoms with Crippen molar-refractivity contribution in [3.8, 4) is 0 Å². The number of rotatable bonds is 5. The molecular weight excluding hydrogens is 326 g/mol. The van der Waals surface area contributed by atoms with Gasteiger partial charge < -0.3 is 15.4 Å². The van der Waals surface area contributed by atoms with Crippen LogP contribution in [-0.2, 0) is 6.54 Å². The van der Waals surface area contributed by atoms with Crippen molar-refractivity contribution in [3.05, 3.63) is 71.9 Å². The highest BCUT2D eigenvalue weighted by atomic mass is 16.3. The first-order valence-electron chi connectivity index (χ1n) is 8.98. The molecule has 3 N–H and O–H groups in total. The number of benzene rings is 2. The SMILES string of the molecule is O=C(N[C@@H]1CN(Cc2ccccc2)C[C@H]1CO)c1ccc2cc[nH]c2c1. The normalized spacial score (nSPS) is 20.5. The molecule has 0 spiro atoms. The summed E-state index contributed by atoms with van der Waals surface area (Å²) in [5.74, 6) is -0.0385. The van der Waals surface area contributed by atoms with E-state index in [-0.39, 0.29) is 24.5 Å². The Morgan fingerprint density at radius 3 is 2.81 bits per heavy atom. The molecule has 5 heteroatoms. The number of likely N-dealkylation sites (tertiary alicyclic amines) is 1. The number of amides is 1. The van der Waals surface area contributed by atoms with Crippen LogP contribution in [0.2, 0.25) is 0 Å². The highest BCUT2D eigenvalue weighted by Gasteiger charge is 2.33. The Hall–Kier alpha value is -2.63. The quantitative estimate of drug-likeness (QED) is 0.662. The predicted molar refractivity (Wildman–Crippen MR) is 102 cm³/mol. The van der Waals surface area contributed by atoms with Gasteiger partial charge in [-0.05, 0) is 29.1 Å². The van der Waals surface area contributed by atoms with Gasteiger partial charge in [0.2, 0.25) is 0 Å². The number of aliphatic hydroxyl groups excluding tert-OH is 1. The first-order chi connectivity index (χ1) is 12.7. The van der Waals surface area contributed by atoms with Crippen LogP contribution in [0.3, 0.4) is 0 Å². The van der Waals surface area contributed by atoms with Gasteiger partial charge in [-0.15, -0.1) is 0 Å². The summed E-state index contributed by atoms with van der Waals surface area (Å²) < 4.78 is 0. The topological polar surface area (TPSA) is 68.4 Å². The van der Waals surface area contributed by atoms with E-state index in [1.54, 1.807) is 0 Å². The maximum absolute atomic E-state index is 12.7. The van der Waals surface area contributed by atoms with Gasteiger partial charge in [-0.25, -0.2) is 0 Å². The largest absolute Gasteiger partial charge is 0.396 e. The lowest BCUT2D eigenvalue weighted by Gasteiger charge is -2.18. The first-order valence-corrected chi connectivity index (χ1v) is 8.98. The van der Waals surface area contributed by atoms with E-state index in [9.17, 15) is 9.90 Å². The molecule has 2 aromatic carbocycles. The lowest BCUT2D eigenvalue weighted by molar-refractivity contribution is 0.0921. The molecule has 0 saturated carbocycles. The summed E-state index contributed by atoms with van der Waals surface area (Å²) in [7, 11) is 0. The Kier molecular flexibility index (Phi) is 4.73. The van der Waals surface area contributed by atoms with E-state index in [1.807, 2.05) is 48.7 Å². The molecule has 0 radical (unpaired) electrons. The van der Waals surface area contributed by atoms with Gasteiger partial charge in [-0.3, -0.25) is 9.69 Å². The fraction of sp³-hybridized carbons (Fsp3) is 0.286. The molecular formula is C21H23N3O2. The molecule has 0 aliphatic carbocycles. The lowest BCUT2D eigenvalue weighted by atomic mass is 10.0. The third-order valence-electron chi connectivity index (χ3n) is 5.13. The van der Waals surface area contributed by atoms with E-state index in [2.05, 4.69) is 27.3 Å². The van der Waals surface area contributed by atoms with E-state index >= 15 is 0 Å². The third-order valence-corrected chi connectivity index (χ3v) is 5.13. The fourth-order valence-corrected chi connectivity index (χ4v) is 3.72. The van der Waals surface area contributed by atoms with Crippen LogP contribution < -0.4 is 5.32 Å². The predicted octanol–water partition coefficient (Wildman–Crippen LogP) is 2.39. The molecule has 1 saturated heterocycles. The van der Waals surface area contributed by atoms with Crippen LogP contribution in [-0.4, -0.2) is 46.6 Å². The van der Waals surface area contributed by atoms with Crippen LogP contribution in [0.1, 0.15) is 15.9 Å². The van der Waals surface area contributed by atoms with Gasteiger partial charge in [0.25, 0.3) is 5.91 Å².